The summed E-state index contributed by atoms with van der Waals surface area (Å²) in [6, 6.07) is 17.4. The number of rotatable bonds is 5. The number of hydrogen-bond acceptors (Lipinski definition) is 9. The van der Waals surface area contributed by atoms with Gasteiger partial charge >= 0.3 is 5.82 Å². The molecule has 0 unspecified atom stereocenters. The van der Waals surface area contributed by atoms with Gasteiger partial charge in [-0.3, -0.25) is 18.7 Å². The Morgan fingerprint density at radius 1 is 0.680 bits per heavy atom. The van der Waals surface area contributed by atoms with Crippen molar-refractivity contribution in [1.82, 2.24) is 29.1 Å². The Morgan fingerprint density at radius 2 is 1.08 bits per heavy atom. The fraction of sp³-hybridized carbons (Fsp3) is 0.118. The van der Waals surface area contributed by atoms with E-state index in [1.165, 1.54) is 57.8 Å². The Labute approximate surface area is 307 Å². The normalized spacial score (nSPS) is 10.4. The van der Waals surface area contributed by atoms with E-state index in [1.807, 2.05) is 0 Å². The smallest absolute Gasteiger partial charge is 0.364 e. The Morgan fingerprint density at radius 3 is 1.48 bits per heavy atom. The summed E-state index contributed by atoms with van der Waals surface area (Å²) < 4.78 is 29.3. The van der Waals surface area contributed by atoms with Crippen LogP contribution >= 0.6 is 37.2 Å². The van der Waals surface area contributed by atoms with Crippen molar-refractivity contribution in [2.75, 3.05) is 5.73 Å². The van der Waals surface area contributed by atoms with Crippen LogP contribution in [0.15, 0.2) is 94.8 Å². The number of halogens is 4. The maximum absolute atomic E-state index is 13.2. The number of anilines is 1. The zero-order valence-electron chi connectivity index (χ0n) is 26.9. The van der Waals surface area contributed by atoms with E-state index in [4.69, 9.17) is 5.73 Å². The van der Waals surface area contributed by atoms with Gasteiger partial charge in [0.1, 0.15) is 35.3 Å². The van der Waals surface area contributed by atoms with Gasteiger partial charge in [-0.05, 0) is 77.3 Å². The predicted octanol–water partition coefficient (Wildman–Crippen LogP) is 7.18. The summed E-state index contributed by atoms with van der Waals surface area (Å²) in [5, 5.41) is 11.0. The van der Waals surface area contributed by atoms with E-state index >= 15 is 0 Å². The molecule has 2 N–H and O–H groups in total. The number of aryl methyl sites for hydroxylation is 2. The molecule has 0 aliphatic rings. The maximum Gasteiger partial charge on any atom is 0.364 e. The molecule has 2 aromatic carbocycles. The van der Waals surface area contributed by atoms with Gasteiger partial charge in [-0.25, -0.2) is 23.7 Å². The molecule has 16 heteroatoms. The molecule has 12 nitrogen and oxygen atoms in total. The first-order chi connectivity index (χ1) is 23.8. The lowest BCUT2D eigenvalue weighted by atomic mass is 10.0. The number of benzene rings is 2. The van der Waals surface area contributed by atoms with Crippen molar-refractivity contribution in [2.24, 2.45) is 14.1 Å². The van der Waals surface area contributed by atoms with Crippen molar-refractivity contribution in [3.8, 4) is 44.8 Å². The minimum absolute atomic E-state index is 0.200. The number of hydrogen-bond donors (Lipinski definition) is 1. The van der Waals surface area contributed by atoms with Crippen molar-refractivity contribution in [1.29, 1.82) is 0 Å². The van der Waals surface area contributed by atoms with E-state index < -0.39 is 10.7 Å². The molecule has 4 aromatic heterocycles. The third kappa shape index (κ3) is 8.41. The van der Waals surface area contributed by atoms with Gasteiger partial charge in [-0.15, -0.1) is 0 Å². The van der Waals surface area contributed by atoms with Gasteiger partial charge in [-0.2, -0.15) is 0 Å². The molecule has 6 aromatic rings. The lowest BCUT2D eigenvalue weighted by Gasteiger charge is -2.13. The highest BCUT2D eigenvalue weighted by Gasteiger charge is 2.20. The Kier molecular flexibility index (Phi) is 12.6. The highest BCUT2D eigenvalue weighted by Crippen LogP contribution is 2.30. The van der Waals surface area contributed by atoms with Gasteiger partial charge in [0.05, 0.1) is 22.5 Å². The average molecular weight is 904 g/mol. The minimum Gasteiger partial charge on any atom is -0.384 e. The fourth-order valence-electron chi connectivity index (χ4n) is 4.85. The van der Waals surface area contributed by atoms with Crippen molar-refractivity contribution in [3.05, 3.63) is 139 Å². The second kappa shape index (κ2) is 16.6. The third-order valence-corrected chi connectivity index (χ3v) is 7.55. The van der Waals surface area contributed by atoms with Gasteiger partial charge in [0.2, 0.25) is 0 Å². The molecule has 0 atom stereocenters. The predicted molar refractivity (Wildman–Crippen MR) is 205 cm³/mol. The Bertz CT molecular complexity index is 2300. The van der Waals surface area contributed by atoms with Crippen molar-refractivity contribution in [2.45, 2.75) is 13.8 Å². The molecule has 0 spiro atoms. The SMILES string of the molecule is Cc1nc(-c2ccnc(N)c2)c(-c2ccc(F)cc2)c(=O)n1C.Cc1nc(-c2ccnc([N+](=O)[O-])c2)c(-c2ccc(F)cc2)c(=O)n1C.II. The molecular formula is C34H28F2I2N8O4. The fourth-order valence-corrected chi connectivity index (χ4v) is 4.85. The van der Waals surface area contributed by atoms with E-state index in [0.717, 1.165) is 0 Å². The van der Waals surface area contributed by atoms with Crippen LogP contribution < -0.4 is 16.9 Å². The van der Waals surface area contributed by atoms with Crippen LogP contribution in [-0.4, -0.2) is 34.0 Å². The average Bonchev–Trinajstić information content (AvgIpc) is 3.11. The summed E-state index contributed by atoms with van der Waals surface area (Å²) in [5.41, 5.74) is 8.82. The Balaban J connectivity index is 0.000000215. The number of nitrogens with two attached hydrogens (primary N) is 1. The summed E-state index contributed by atoms with van der Waals surface area (Å²) in [5.74, 6) is 0.231. The highest BCUT2D eigenvalue weighted by molar-refractivity contribution is 15.0. The van der Waals surface area contributed by atoms with Crippen LogP contribution in [0.4, 0.5) is 20.4 Å². The van der Waals surface area contributed by atoms with Gasteiger partial charge in [0.15, 0.2) is 0 Å². The molecule has 0 aliphatic carbocycles. The number of aromatic nitrogens is 6. The topological polar surface area (TPSA) is 165 Å². The van der Waals surface area contributed by atoms with Crippen LogP contribution in [0.25, 0.3) is 44.8 Å². The summed E-state index contributed by atoms with van der Waals surface area (Å²) >= 11 is 4.24. The van der Waals surface area contributed by atoms with Crippen LogP contribution in [0.5, 0.6) is 0 Å². The van der Waals surface area contributed by atoms with Crippen molar-refractivity contribution < 1.29 is 13.7 Å². The lowest BCUT2D eigenvalue weighted by molar-refractivity contribution is -0.389. The maximum atomic E-state index is 13.2. The van der Waals surface area contributed by atoms with E-state index in [-0.39, 0.29) is 34.0 Å². The number of nitro groups is 1. The first-order valence-corrected chi connectivity index (χ1v) is 20.8. The summed E-state index contributed by atoms with van der Waals surface area (Å²) in [6.07, 6.45) is 2.85. The first kappa shape index (κ1) is 37.8. The summed E-state index contributed by atoms with van der Waals surface area (Å²) in [4.78, 5) is 52.5. The molecule has 0 amide bonds. The second-order valence-corrected chi connectivity index (χ2v) is 10.6. The molecule has 4 heterocycles. The van der Waals surface area contributed by atoms with Gasteiger partial charge < -0.3 is 15.8 Å². The van der Waals surface area contributed by atoms with Crippen LogP contribution in [0, 0.1) is 35.6 Å². The second-order valence-electron chi connectivity index (χ2n) is 10.6. The van der Waals surface area contributed by atoms with Crippen molar-refractivity contribution >= 4 is 48.9 Å². The molecule has 256 valence electrons. The number of pyridine rings is 2. The van der Waals surface area contributed by atoms with Gasteiger partial charge in [0, 0.05) is 74.7 Å². The molecule has 50 heavy (non-hydrogen) atoms. The van der Waals surface area contributed by atoms with E-state index in [1.54, 1.807) is 64.5 Å². The van der Waals surface area contributed by atoms with Crippen LogP contribution in [0.2, 0.25) is 0 Å². The molecule has 0 saturated heterocycles. The molecule has 6 rings (SSSR count). The number of nitrogens with zero attached hydrogens (tertiary/aromatic N) is 7. The van der Waals surface area contributed by atoms with E-state index in [9.17, 15) is 28.5 Å². The standard InChI is InChI=1S/C17H13FN4O3.C17H15FN4O.I2/c1-10-20-16(12-7-8-19-14(9-12)22(24)25)15(17(23)21(10)2)11-3-5-13(18)6-4-11;1-10-21-16(12-7-8-20-14(19)9-12)15(17(23)22(10)2)11-3-5-13(18)6-4-11;1-2/h3-9H,1-2H3;3-9H,1-2H3,(H2,19,20);. The first-order valence-electron chi connectivity index (χ1n) is 14.5. The lowest BCUT2D eigenvalue weighted by Crippen LogP contribution is -2.23. The third-order valence-electron chi connectivity index (χ3n) is 7.55. The highest BCUT2D eigenvalue weighted by atomic mass is 128. The molecule has 0 aliphatic heterocycles. The number of nitrogen functional groups attached to an aromatic ring is 1. The van der Waals surface area contributed by atoms with Gasteiger partial charge in [0.25, 0.3) is 11.1 Å². The molecule has 0 fully saturated rings. The summed E-state index contributed by atoms with van der Waals surface area (Å²) in [6.45, 7) is 3.42. The van der Waals surface area contributed by atoms with Gasteiger partial charge in [-0.1, -0.05) is 24.3 Å². The molecule has 0 bridgehead atoms. The van der Waals surface area contributed by atoms with E-state index in [2.05, 4.69) is 57.2 Å². The summed E-state index contributed by atoms with van der Waals surface area (Å²) in [7, 11) is 3.23. The molecule has 0 saturated carbocycles. The monoisotopic (exact) mass is 904 g/mol. The Hall–Kier alpha value is -4.98. The van der Waals surface area contributed by atoms with E-state index in [0.29, 0.717) is 51.0 Å². The van der Waals surface area contributed by atoms with Crippen LogP contribution in [0.1, 0.15) is 11.6 Å². The molecular weight excluding hydrogens is 876 g/mol. The largest absolute Gasteiger partial charge is 0.384 e. The van der Waals surface area contributed by atoms with Crippen LogP contribution in [-0.2, 0) is 14.1 Å². The van der Waals surface area contributed by atoms with Crippen molar-refractivity contribution in [3.63, 3.8) is 0 Å². The minimum atomic E-state index is -0.616. The zero-order valence-corrected chi connectivity index (χ0v) is 31.3. The van der Waals surface area contributed by atoms with Crippen LogP contribution in [0.3, 0.4) is 0 Å². The molecule has 0 radical (unpaired) electrons. The quantitative estimate of drug-likeness (QED) is 0.107. The zero-order chi connectivity index (χ0) is 36.7.